The molecule has 2 heterocycles. The lowest BCUT2D eigenvalue weighted by Gasteiger charge is -2.14. The summed E-state index contributed by atoms with van der Waals surface area (Å²) >= 11 is 0. The van der Waals surface area contributed by atoms with Gasteiger partial charge in [0.05, 0.1) is 23.4 Å². The van der Waals surface area contributed by atoms with Gasteiger partial charge in [-0.1, -0.05) is 6.07 Å². The molecular formula is C17H14F2N4O4. The zero-order chi connectivity index (χ0) is 19.7. The van der Waals surface area contributed by atoms with E-state index >= 15 is 0 Å². The first-order chi connectivity index (χ1) is 12.8. The maximum Gasteiger partial charge on any atom is 0.329 e. The lowest BCUT2D eigenvalue weighted by atomic mass is 10.2. The third-order valence-corrected chi connectivity index (χ3v) is 3.91. The molecule has 140 valence electrons. The van der Waals surface area contributed by atoms with E-state index in [2.05, 4.69) is 15.3 Å². The summed E-state index contributed by atoms with van der Waals surface area (Å²) in [7, 11) is 0. The number of benzene rings is 1. The second kappa shape index (κ2) is 6.98. The smallest absolute Gasteiger partial charge is 0.329 e. The summed E-state index contributed by atoms with van der Waals surface area (Å²) in [5.41, 5.74) is -1.75. The molecular weight excluding hydrogens is 362 g/mol. The molecule has 0 aliphatic rings. The van der Waals surface area contributed by atoms with Crippen molar-refractivity contribution in [2.24, 2.45) is 0 Å². The summed E-state index contributed by atoms with van der Waals surface area (Å²) < 4.78 is 27.3. The number of aromatic amines is 1. The van der Waals surface area contributed by atoms with Crippen molar-refractivity contribution in [2.75, 3.05) is 0 Å². The Bertz CT molecular complexity index is 1160. The summed E-state index contributed by atoms with van der Waals surface area (Å²) in [6, 6.07) is 3.87. The molecule has 27 heavy (non-hydrogen) atoms. The van der Waals surface area contributed by atoms with Crippen LogP contribution in [0.15, 0.2) is 40.1 Å². The van der Waals surface area contributed by atoms with Crippen LogP contribution >= 0.6 is 0 Å². The van der Waals surface area contributed by atoms with Crippen molar-refractivity contribution in [1.82, 2.24) is 19.9 Å². The van der Waals surface area contributed by atoms with Gasteiger partial charge in [-0.25, -0.2) is 13.6 Å². The highest BCUT2D eigenvalue weighted by molar-refractivity contribution is 5.84. The average Bonchev–Trinajstić information content (AvgIpc) is 2.58. The van der Waals surface area contributed by atoms with Crippen LogP contribution in [-0.2, 0) is 11.3 Å². The Balaban J connectivity index is 1.87. The number of hydrogen-bond acceptors (Lipinski definition) is 5. The number of H-pyrrole nitrogens is 1. The van der Waals surface area contributed by atoms with E-state index in [1.165, 1.54) is 25.1 Å². The van der Waals surface area contributed by atoms with Crippen LogP contribution < -0.4 is 16.6 Å². The van der Waals surface area contributed by atoms with Crippen molar-refractivity contribution in [2.45, 2.75) is 19.5 Å². The number of rotatable bonds is 4. The Morgan fingerprint density at radius 1 is 1.37 bits per heavy atom. The number of halogens is 2. The Labute approximate surface area is 150 Å². The van der Waals surface area contributed by atoms with Gasteiger partial charge in [0.15, 0.2) is 0 Å². The molecule has 0 saturated heterocycles. The van der Waals surface area contributed by atoms with E-state index < -0.39 is 41.4 Å². The minimum Gasteiger partial charge on any atom is -0.507 e. The molecule has 0 aliphatic heterocycles. The number of aromatic hydroxyl groups is 1. The predicted octanol–water partition coefficient (Wildman–Crippen LogP) is 0.946. The van der Waals surface area contributed by atoms with Crippen LogP contribution in [0.1, 0.15) is 18.7 Å². The van der Waals surface area contributed by atoms with E-state index in [0.717, 1.165) is 6.20 Å². The minimum absolute atomic E-state index is 0.132. The zero-order valence-electron chi connectivity index (χ0n) is 14.0. The largest absolute Gasteiger partial charge is 0.507 e. The van der Waals surface area contributed by atoms with Crippen LogP contribution in [0.3, 0.4) is 0 Å². The first-order valence-electron chi connectivity index (χ1n) is 7.83. The second-order valence-electron chi connectivity index (χ2n) is 5.83. The number of amides is 1. The Morgan fingerprint density at radius 3 is 2.81 bits per heavy atom. The van der Waals surface area contributed by atoms with Gasteiger partial charge >= 0.3 is 5.69 Å². The highest BCUT2D eigenvalue weighted by Gasteiger charge is 2.18. The number of nitrogens with zero attached hydrogens (tertiary/aromatic N) is 2. The number of pyridine rings is 1. The molecule has 0 radical (unpaired) electrons. The molecule has 1 atom stereocenters. The van der Waals surface area contributed by atoms with Gasteiger partial charge in [0.25, 0.3) is 5.56 Å². The molecule has 3 rings (SSSR count). The van der Waals surface area contributed by atoms with Crippen molar-refractivity contribution < 1.29 is 18.7 Å². The number of phenolic OH excluding ortho intramolecular Hbond substituents is 1. The van der Waals surface area contributed by atoms with E-state index in [4.69, 9.17) is 0 Å². The molecule has 0 bridgehead atoms. The lowest BCUT2D eigenvalue weighted by molar-refractivity contribution is -0.122. The van der Waals surface area contributed by atoms with Crippen molar-refractivity contribution in [3.8, 4) is 5.75 Å². The van der Waals surface area contributed by atoms with Crippen LogP contribution in [0, 0.1) is 11.6 Å². The molecule has 1 aromatic carbocycles. The highest BCUT2D eigenvalue weighted by atomic mass is 19.1. The monoisotopic (exact) mass is 376 g/mol. The quantitative estimate of drug-likeness (QED) is 0.627. The number of nitrogens with one attached hydrogen (secondary N) is 2. The maximum absolute atomic E-state index is 13.7. The molecule has 0 fully saturated rings. The van der Waals surface area contributed by atoms with E-state index in [-0.39, 0.29) is 22.3 Å². The summed E-state index contributed by atoms with van der Waals surface area (Å²) in [6.07, 6.45) is 0.808. The molecule has 3 aromatic rings. The van der Waals surface area contributed by atoms with Gasteiger partial charge in [0.1, 0.15) is 29.3 Å². The third-order valence-electron chi connectivity index (χ3n) is 3.91. The lowest BCUT2D eigenvalue weighted by Crippen LogP contribution is -2.41. The summed E-state index contributed by atoms with van der Waals surface area (Å²) in [6.45, 7) is 0.756. The van der Waals surface area contributed by atoms with Crippen LogP contribution in [0.5, 0.6) is 5.75 Å². The Morgan fingerprint density at radius 2 is 2.11 bits per heavy atom. The second-order valence-corrected chi connectivity index (χ2v) is 5.83. The topological polar surface area (TPSA) is 117 Å². The van der Waals surface area contributed by atoms with Crippen molar-refractivity contribution >= 4 is 16.8 Å². The van der Waals surface area contributed by atoms with E-state index in [1.807, 2.05) is 0 Å². The number of carbonyl (C=O) groups excluding carboxylic acids is 1. The van der Waals surface area contributed by atoms with Crippen LogP contribution in [0.2, 0.25) is 0 Å². The fraction of sp³-hybridized carbons (Fsp3) is 0.176. The summed E-state index contributed by atoms with van der Waals surface area (Å²) in [5.74, 6) is -2.90. The van der Waals surface area contributed by atoms with Crippen molar-refractivity contribution in [3.05, 3.63) is 68.6 Å². The minimum atomic E-state index is -0.937. The first kappa shape index (κ1) is 18.2. The van der Waals surface area contributed by atoms with E-state index in [1.54, 1.807) is 0 Å². The van der Waals surface area contributed by atoms with Crippen molar-refractivity contribution in [3.63, 3.8) is 0 Å². The fourth-order valence-corrected chi connectivity index (χ4v) is 2.67. The number of hydrogen-bond donors (Lipinski definition) is 3. The van der Waals surface area contributed by atoms with Crippen LogP contribution in [0.4, 0.5) is 8.78 Å². The van der Waals surface area contributed by atoms with Gasteiger partial charge in [-0.15, -0.1) is 0 Å². The fourth-order valence-electron chi connectivity index (χ4n) is 2.67. The third kappa shape index (κ3) is 3.54. The Kier molecular flexibility index (Phi) is 4.72. The maximum atomic E-state index is 13.7. The molecule has 3 N–H and O–H groups in total. The molecule has 8 nitrogen and oxygen atoms in total. The van der Waals surface area contributed by atoms with Gasteiger partial charge in [-0.3, -0.25) is 19.1 Å². The van der Waals surface area contributed by atoms with Gasteiger partial charge < -0.3 is 15.4 Å². The van der Waals surface area contributed by atoms with E-state index in [9.17, 15) is 28.3 Å². The highest BCUT2D eigenvalue weighted by Crippen LogP contribution is 2.18. The zero-order valence-corrected chi connectivity index (χ0v) is 14.0. The normalized spacial score (nSPS) is 12.1. The summed E-state index contributed by atoms with van der Waals surface area (Å²) in [4.78, 5) is 42.7. The van der Waals surface area contributed by atoms with Gasteiger partial charge in [-0.05, 0) is 19.1 Å². The average molecular weight is 376 g/mol. The van der Waals surface area contributed by atoms with Gasteiger partial charge in [0, 0.05) is 6.07 Å². The van der Waals surface area contributed by atoms with Crippen LogP contribution in [0.25, 0.3) is 10.9 Å². The summed E-state index contributed by atoms with van der Waals surface area (Å²) in [5, 5.41) is 12.1. The number of phenols is 1. The number of fused-ring (bicyclic) bond motifs is 1. The standard InChI is InChI=1S/C17H14F2N4O4/c1-8(15-10(19)5-9(18)6-20-15)21-13(25)7-23-16(26)14-11(22-17(23)27)3-2-4-12(14)24/h2-6,8,24H,7H2,1H3,(H,21,25)(H,22,27). The first-order valence-corrected chi connectivity index (χ1v) is 7.83. The molecule has 2 aromatic heterocycles. The predicted molar refractivity (Wildman–Crippen MR) is 91.2 cm³/mol. The SMILES string of the molecule is CC(NC(=O)Cn1c(=O)[nH]c2cccc(O)c2c1=O)c1ncc(F)cc1F. The molecule has 1 unspecified atom stereocenters. The van der Waals surface area contributed by atoms with Crippen molar-refractivity contribution in [1.29, 1.82) is 0 Å². The molecule has 1 amide bonds. The Hall–Kier alpha value is -3.56. The molecule has 0 aliphatic carbocycles. The number of carbonyl (C=O) groups is 1. The molecule has 0 spiro atoms. The number of aromatic nitrogens is 3. The van der Waals surface area contributed by atoms with E-state index in [0.29, 0.717) is 10.6 Å². The van der Waals surface area contributed by atoms with Crippen LogP contribution in [-0.4, -0.2) is 25.5 Å². The van der Waals surface area contributed by atoms with Gasteiger partial charge in [-0.2, -0.15) is 0 Å². The molecule has 10 heteroatoms. The van der Waals surface area contributed by atoms with Gasteiger partial charge in [0.2, 0.25) is 5.91 Å². The molecule has 0 saturated carbocycles.